The summed E-state index contributed by atoms with van der Waals surface area (Å²) in [6, 6.07) is 12.3. The number of aryl methyl sites for hydroxylation is 1. The van der Waals surface area contributed by atoms with Gasteiger partial charge in [0.15, 0.2) is 0 Å². The Bertz CT molecular complexity index is 1130. The number of carboxylic acid groups (broad SMARTS) is 1. The second-order valence-corrected chi connectivity index (χ2v) is 9.29. The predicted octanol–water partition coefficient (Wildman–Crippen LogP) is 4.16. The van der Waals surface area contributed by atoms with Crippen LogP contribution in [0.1, 0.15) is 25.3 Å². The Kier molecular flexibility index (Phi) is 9.46. The van der Waals surface area contributed by atoms with Crippen LogP contribution in [-0.4, -0.2) is 74.4 Å². The van der Waals surface area contributed by atoms with Crippen molar-refractivity contribution >= 4 is 35.0 Å². The molecule has 0 bridgehead atoms. The smallest absolute Gasteiger partial charge is 0.326 e. The molecule has 2 aromatic carbocycles. The van der Waals surface area contributed by atoms with E-state index < -0.39 is 18.1 Å². The molecule has 2 unspecified atom stereocenters. The maximum absolute atomic E-state index is 14.5. The third-order valence-electron chi connectivity index (χ3n) is 6.74. The number of nitrogens with zero attached hydrogens (tertiary/aromatic N) is 3. The predicted molar refractivity (Wildman–Crippen MR) is 141 cm³/mol. The Morgan fingerprint density at radius 3 is 2.57 bits per heavy atom. The maximum Gasteiger partial charge on any atom is 0.326 e. The van der Waals surface area contributed by atoms with Gasteiger partial charge in [-0.15, -0.1) is 0 Å². The van der Waals surface area contributed by atoms with Gasteiger partial charge in [0.05, 0.1) is 19.2 Å². The SMILES string of the molecule is COc1cc(N(CCN2CCC(CC(=O)O)C(F)C2)C(C)=O)ccc1N(C)C(=O)Nc1ccccc1C. The van der Waals surface area contributed by atoms with Gasteiger partial charge in [0, 0.05) is 57.0 Å². The largest absolute Gasteiger partial charge is 0.494 e. The molecule has 37 heavy (non-hydrogen) atoms. The van der Waals surface area contributed by atoms with Crippen LogP contribution in [0.5, 0.6) is 5.75 Å². The number of alkyl halides is 1. The highest BCUT2D eigenvalue weighted by Crippen LogP contribution is 2.33. The number of urea groups is 1. The zero-order valence-electron chi connectivity index (χ0n) is 21.7. The maximum atomic E-state index is 14.5. The van der Waals surface area contributed by atoms with Gasteiger partial charge in [-0.1, -0.05) is 18.2 Å². The van der Waals surface area contributed by atoms with Gasteiger partial charge in [-0.25, -0.2) is 9.18 Å². The number of likely N-dealkylation sites (tertiary alicyclic amines) is 1. The minimum Gasteiger partial charge on any atom is -0.494 e. The van der Waals surface area contributed by atoms with E-state index in [1.165, 1.54) is 18.9 Å². The molecule has 10 heteroatoms. The van der Waals surface area contributed by atoms with Gasteiger partial charge < -0.3 is 20.1 Å². The first-order chi connectivity index (χ1) is 17.6. The molecular weight excluding hydrogens is 479 g/mol. The number of carbonyl (C=O) groups is 3. The molecule has 9 nitrogen and oxygen atoms in total. The number of para-hydroxylation sites is 1. The van der Waals surface area contributed by atoms with Gasteiger partial charge in [-0.2, -0.15) is 0 Å². The van der Waals surface area contributed by atoms with Crippen LogP contribution in [0.3, 0.4) is 0 Å². The van der Waals surface area contributed by atoms with Crippen LogP contribution in [0, 0.1) is 12.8 Å². The standard InChI is InChI=1S/C27H35FN4O5/c1-18-7-5-6-8-23(18)29-27(36)30(3)24-10-9-21(16-25(24)37-4)32(19(2)33)14-13-31-12-11-20(15-26(34)35)22(28)17-31/h5-10,16,20,22H,11-15,17H2,1-4H3,(H,29,36)(H,34,35). The number of amides is 3. The molecule has 1 saturated heterocycles. The van der Waals surface area contributed by atoms with Crippen molar-refractivity contribution in [3.63, 3.8) is 0 Å². The van der Waals surface area contributed by atoms with Gasteiger partial charge in [0.1, 0.15) is 11.9 Å². The first-order valence-electron chi connectivity index (χ1n) is 12.3. The van der Waals surface area contributed by atoms with E-state index in [0.29, 0.717) is 48.9 Å². The molecule has 2 N–H and O–H groups in total. The van der Waals surface area contributed by atoms with E-state index in [1.54, 1.807) is 30.1 Å². The number of benzene rings is 2. The summed E-state index contributed by atoms with van der Waals surface area (Å²) in [4.78, 5) is 41.2. The summed E-state index contributed by atoms with van der Waals surface area (Å²) in [6.45, 7) is 4.87. The van der Waals surface area contributed by atoms with Crippen molar-refractivity contribution in [1.82, 2.24) is 4.90 Å². The number of hydrogen-bond acceptors (Lipinski definition) is 5. The van der Waals surface area contributed by atoms with Crippen molar-refractivity contribution in [2.45, 2.75) is 32.9 Å². The molecule has 0 aliphatic carbocycles. The number of halogens is 1. The number of anilines is 3. The van der Waals surface area contributed by atoms with Crippen LogP contribution in [0.4, 0.5) is 26.2 Å². The minimum absolute atomic E-state index is 0.146. The van der Waals surface area contributed by atoms with Crippen molar-refractivity contribution < 1.29 is 28.6 Å². The topological polar surface area (TPSA) is 102 Å². The lowest BCUT2D eigenvalue weighted by Crippen LogP contribution is -2.46. The lowest BCUT2D eigenvalue weighted by molar-refractivity contribution is -0.139. The van der Waals surface area contributed by atoms with E-state index in [-0.39, 0.29) is 24.9 Å². The van der Waals surface area contributed by atoms with Crippen molar-refractivity contribution in [3.8, 4) is 5.75 Å². The first kappa shape index (κ1) is 27.9. The van der Waals surface area contributed by atoms with E-state index in [1.807, 2.05) is 36.1 Å². The summed E-state index contributed by atoms with van der Waals surface area (Å²) < 4.78 is 20.0. The summed E-state index contributed by atoms with van der Waals surface area (Å²) >= 11 is 0. The number of piperidine rings is 1. The van der Waals surface area contributed by atoms with Gasteiger partial charge >= 0.3 is 12.0 Å². The molecule has 2 atom stereocenters. The monoisotopic (exact) mass is 514 g/mol. The van der Waals surface area contributed by atoms with Gasteiger partial charge in [0.25, 0.3) is 0 Å². The summed E-state index contributed by atoms with van der Waals surface area (Å²) in [5, 5.41) is 11.8. The molecule has 1 aliphatic heterocycles. The average molecular weight is 515 g/mol. The first-order valence-corrected chi connectivity index (χ1v) is 12.3. The van der Waals surface area contributed by atoms with E-state index in [9.17, 15) is 18.8 Å². The van der Waals surface area contributed by atoms with E-state index >= 15 is 0 Å². The zero-order valence-corrected chi connectivity index (χ0v) is 21.7. The summed E-state index contributed by atoms with van der Waals surface area (Å²) in [5.74, 6) is -1.23. The van der Waals surface area contributed by atoms with Crippen molar-refractivity contribution in [3.05, 3.63) is 48.0 Å². The molecule has 200 valence electrons. The third kappa shape index (κ3) is 7.19. The van der Waals surface area contributed by atoms with E-state index in [2.05, 4.69) is 5.32 Å². The Balaban J connectivity index is 1.68. The van der Waals surface area contributed by atoms with Crippen LogP contribution in [0.25, 0.3) is 0 Å². The number of carbonyl (C=O) groups excluding carboxylic acids is 2. The average Bonchev–Trinajstić information content (AvgIpc) is 2.86. The summed E-state index contributed by atoms with van der Waals surface area (Å²) in [6.07, 6.45) is -0.915. The second kappa shape index (κ2) is 12.5. The number of aliphatic carboxylic acids is 1. The van der Waals surface area contributed by atoms with Gasteiger partial charge in [-0.05, 0) is 43.7 Å². The molecule has 3 rings (SSSR count). The minimum atomic E-state index is -1.21. The molecule has 2 aromatic rings. The number of ether oxygens (including phenoxy) is 1. The van der Waals surface area contributed by atoms with Crippen molar-refractivity contribution in [1.29, 1.82) is 0 Å². The molecule has 1 fully saturated rings. The quantitative estimate of drug-likeness (QED) is 0.521. The fourth-order valence-corrected chi connectivity index (χ4v) is 4.52. The molecule has 1 heterocycles. The van der Waals surface area contributed by atoms with Crippen LogP contribution >= 0.6 is 0 Å². The van der Waals surface area contributed by atoms with E-state index in [4.69, 9.17) is 9.84 Å². The Morgan fingerprint density at radius 2 is 1.95 bits per heavy atom. The fourth-order valence-electron chi connectivity index (χ4n) is 4.52. The number of carboxylic acids is 1. The third-order valence-corrected chi connectivity index (χ3v) is 6.74. The highest BCUT2D eigenvalue weighted by atomic mass is 19.1. The van der Waals surface area contributed by atoms with E-state index in [0.717, 1.165) is 5.56 Å². The summed E-state index contributed by atoms with van der Waals surface area (Å²) in [7, 11) is 3.13. The normalized spacial score (nSPS) is 17.6. The zero-order chi connectivity index (χ0) is 27.1. The van der Waals surface area contributed by atoms with Gasteiger partial charge in [0.2, 0.25) is 5.91 Å². The molecule has 0 aromatic heterocycles. The summed E-state index contributed by atoms with van der Waals surface area (Å²) in [5.41, 5.74) is 2.77. The lowest BCUT2D eigenvalue weighted by Gasteiger charge is -2.35. The van der Waals surface area contributed by atoms with Crippen LogP contribution in [-0.2, 0) is 9.59 Å². The number of nitrogens with one attached hydrogen (secondary N) is 1. The molecular formula is C27H35FN4O5. The van der Waals surface area contributed by atoms with Crippen molar-refractivity contribution in [2.75, 3.05) is 55.5 Å². The van der Waals surface area contributed by atoms with Crippen LogP contribution < -0.4 is 19.9 Å². The molecule has 0 saturated carbocycles. The Hall–Kier alpha value is -3.66. The molecule has 1 aliphatic rings. The number of hydrogen-bond donors (Lipinski definition) is 2. The molecule has 0 spiro atoms. The number of methoxy groups -OCH3 is 1. The second-order valence-electron chi connectivity index (χ2n) is 9.29. The van der Waals surface area contributed by atoms with Crippen LogP contribution in [0.2, 0.25) is 0 Å². The van der Waals surface area contributed by atoms with Crippen LogP contribution in [0.15, 0.2) is 42.5 Å². The Morgan fingerprint density at radius 1 is 1.22 bits per heavy atom. The van der Waals surface area contributed by atoms with Gasteiger partial charge in [-0.3, -0.25) is 19.4 Å². The van der Waals surface area contributed by atoms with Crippen molar-refractivity contribution in [2.24, 2.45) is 5.92 Å². The highest BCUT2D eigenvalue weighted by Gasteiger charge is 2.31. The number of rotatable bonds is 9. The highest BCUT2D eigenvalue weighted by molar-refractivity contribution is 6.03. The lowest BCUT2D eigenvalue weighted by atomic mass is 9.92. The Labute approximate surface area is 216 Å². The molecule has 3 amide bonds. The fraction of sp³-hybridized carbons (Fsp3) is 0.444. The molecule has 0 radical (unpaired) electrons.